The predicted molar refractivity (Wildman–Crippen MR) is 80.3 cm³/mol. The maximum Gasteiger partial charge on any atom is 0.347 e. The first-order valence-corrected chi connectivity index (χ1v) is 7.80. The van der Waals surface area contributed by atoms with Crippen molar-refractivity contribution in [3.05, 3.63) is 29.3 Å². The fourth-order valence-electron chi connectivity index (χ4n) is 2.78. The Morgan fingerprint density at radius 1 is 1.43 bits per heavy atom. The number of ether oxygens (including phenoxy) is 2. The zero-order valence-electron chi connectivity index (χ0n) is 12.8. The average molecular weight is 292 g/mol. The molecule has 0 saturated heterocycles. The number of rotatable bonds is 6. The summed E-state index contributed by atoms with van der Waals surface area (Å²) in [5, 5.41) is 10.1. The van der Waals surface area contributed by atoms with E-state index in [4.69, 9.17) is 9.47 Å². The monoisotopic (exact) mass is 292 g/mol. The normalized spacial score (nSPS) is 18.7. The van der Waals surface area contributed by atoms with Gasteiger partial charge in [0.25, 0.3) is 0 Å². The summed E-state index contributed by atoms with van der Waals surface area (Å²) in [5.74, 6) is 0.395. The van der Waals surface area contributed by atoms with Gasteiger partial charge in [-0.05, 0) is 49.8 Å². The van der Waals surface area contributed by atoms with Crippen LogP contribution >= 0.6 is 0 Å². The van der Waals surface area contributed by atoms with Crippen LogP contribution in [0.3, 0.4) is 0 Å². The van der Waals surface area contributed by atoms with Gasteiger partial charge in [0, 0.05) is 0 Å². The molecular formula is C17H24O4. The molecule has 0 amide bonds. The van der Waals surface area contributed by atoms with Gasteiger partial charge >= 0.3 is 5.97 Å². The Bertz CT molecular complexity index is 484. The van der Waals surface area contributed by atoms with Gasteiger partial charge in [-0.15, -0.1) is 0 Å². The molecule has 0 aliphatic heterocycles. The van der Waals surface area contributed by atoms with E-state index in [2.05, 4.69) is 0 Å². The van der Waals surface area contributed by atoms with Crippen LogP contribution in [0.15, 0.2) is 18.2 Å². The second-order valence-electron chi connectivity index (χ2n) is 5.38. The molecule has 2 unspecified atom stereocenters. The highest BCUT2D eigenvalue weighted by Gasteiger charge is 2.25. The largest absolute Gasteiger partial charge is 0.478 e. The van der Waals surface area contributed by atoms with Crippen LogP contribution in [0.25, 0.3) is 0 Å². The summed E-state index contributed by atoms with van der Waals surface area (Å²) in [6.45, 7) is 4.16. The molecule has 1 aromatic rings. The van der Waals surface area contributed by atoms with Crippen LogP contribution in [-0.4, -0.2) is 23.8 Å². The Morgan fingerprint density at radius 3 is 2.95 bits per heavy atom. The van der Waals surface area contributed by atoms with Crippen LogP contribution in [0.2, 0.25) is 0 Å². The number of hydrogen-bond donors (Lipinski definition) is 1. The lowest BCUT2D eigenvalue weighted by Crippen LogP contribution is -2.30. The lowest BCUT2D eigenvalue weighted by molar-refractivity contribution is -0.151. The van der Waals surface area contributed by atoms with E-state index >= 15 is 0 Å². The van der Waals surface area contributed by atoms with Gasteiger partial charge in [0.2, 0.25) is 0 Å². The predicted octanol–water partition coefficient (Wildman–Crippen LogP) is 3.17. The molecule has 0 radical (unpaired) electrons. The highest BCUT2D eigenvalue weighted by molar-refractivity contribution is 5.75. The number of carbonyl (C=O) groups is 1. The topological polar surface area (TPSA) is 55.8 Å². The van der Waals surface area contributed by atoms with E-state index in [1.54, 1.807) is 6.92 Å². The highest BCUT2D eigenvalue weighted by atomic mass is 16.6. The molecule has 1 aliphatic rings. The minimum Gasteiger partial charge on any atom is -0.478 e. The smallest absolute Gasteiger partial charge is 0.347 e. The first kappa shape index (κ1) is 15.8. The van der Waals surface area contributed by atoms with E-state index in [9.17, 15) is 9.90 Å². The molecule has 0 fully saturated rings. The minimum atomic E-state index is -0.569. The van der Waals surface area contributed by atoms with Crippen molar-refractivity contribution in [1.82, 2.24) is 0 Å². The number of carbonyl (C=O) groups excluding carboxylic acids is 1. The van der Waals surface area contributed by atoms with Crippen LogP contribution in [0.5, 0.6) is 5.75 Å². The van der Waals surface area contributed by atoms with Gasteiger partial charge in [-0.2, -0.15) is 0 Å². The van der Waals surface area contributed by atoms with Gasteiger partial charge in [0.1, 0.15) is 5.75 Å². The van der Waals surface area contributed by atoms with Gasteiger partial charge < -0.3 is 14.6 Å². The molecule has 1 aliphatic carbocycles. The lowest BCUT2D eigenvalue weighted by Gasteiger charge is -2.25. The van der Waals surface area contributed by atoms with Gasteiger partial charge in [0.05, 0.1) is 12.7 Å². The van der Waals surface area contributed by atoms with Gasteiger partial charge in [-0.25, -0.2) is 4.79 Å². The van der Waals surface area contributed by atoms with Crippen molar-refractivity contribution < 1.29 is 19.4 Å². The number of fused-ring (bicyclic) bond motifs is 1. The molecule has 4 heteroatoms. The molecule has 0 saturated carbocycles. The van der Waals surface area contributed by atoms with Gasteiger partial charge in [-0.3, -0.25) is 0 Å². The van der Waals surface area contributed by atoms with Crippen LogP contribution in [0, 0.1) is 0 Å². The second-order valence-corrected chi connectivity index (χ2v) is 5.38. The Kier molecular flexibility index (Phi) is 5.62. The van der Waals surface area contributed by atoms with Crippen molar-refractivity contribution in [1.29, 1.82) is 0 Å². The Balaban J connectivity index is 2.21. The average Bonchev–Trinajstić information content (AvgIpc) is 2.48. The Hall–Kier alpha value is -1.55. The Morgan fingerprint density at radius 2 is 2.24 bits per heavy atom. The van der Waals surface area contributed by atoms with Gasteiger partial charge in [-0.1, -0.05) is 25.5 Å². The third-order valence-electron chi connectivity index (χ3n) is 3.80. The molecule has 0 spiro atoms. The van der Waals surface area contributed by atoms with Crippen molar-refractivity contribution in [2.75, 3.05) is 6.61 Å². The fourth-order valence-corrected chi connectivity index (χ4v) is 2.78. The first-order chi connectivity index (χ1) is 10.2. The lowest BCUT2D eigenvalue weighted by atomic mass is 9.89. The zero-order chi connectivity index (χ0) is 15.2. The molecular weight excluding hydrogens is 268 g/mol. The fraction of sp³-hybridized carbons (Fsp3) is 0.588. The third kappa shape index (κ3) is 3.76. The van der Waals surface area contributed by atoms with Crippen LogP contribution in [0.4, 0.5) is 0 Å². The minimum absolute atomic E-state index is 0.312. The van der Waals surface area contributed by atoms with Crippen LogP contribution < -0.4 is 4.74 Å². The molecule has 0 bridgehead atoms. The van der Waals surface area contributed by atoms with Crippen molar-refractivity contribution in [2.45, 2.75) is 58.2 Å². The SMILES string of the molecule is CCCC(Oc1cccc2c1CCCC2O)C(=O)OCC. The summed E-state index contributed by atoms with van der Waals surface area (Å²) >= 11 is 0. The molecule has 116 valence electrons. The van der Waals surface area contributed by atoms with E-state index in [0.29, 0.717) is 18.8 Å². The molecule has 0 heterocycles. The van der Waals surface area contributed by atoms with E-state index in [-0.39, 0.29) is 5.97 Å². The number of hydrogen-bond acceptors (Lipinski definition) is 4. The van der Waals surface area contributed by atoms with Crippen molar-refractivity contribution in [3.8, 4) is 5.75 Å². The molecule has 4 nitrogen and oxygen atoms in total. The van der Waals surface area contributed by atoms with Crippen molar-refractivity contribution in [3.63, 3.8) is 0 Å². The quantitative estimate of drug-likeness (QED) is 0.818. The van der Waals surface area contributed by atoms with Crippen LogP contribution in [-0.2, 0) is 16.0 Å². The van der Waals surface area contributed by atoms with E-state index in [0.717, 1.165) is 36.8 Å². The summed E-state index contributed by atoms with van der Waals surface area (Å²) in [5.41, 5.74) is 1.96. The van der Waals surface area contributed by atoms with E-state index in [1.807, 2.05) is 25.1 Å². The maximum absolute atomic E-state index is 12.0. The molecule has 1 N–H and O–H groups in total. The summed E-state index contributed by atoms with van der Waals surface area (Å²) in [4.78, 5) is 12.0. The second kappa shape index (κ2) is 7.46. The summed E-state index contributed by atoms with van der Waals surface area (Å²) in [6.07, 6.45) is 3.08. The number of aliphatic hydroxyl groups is 1. The van der Waals surface area contributed by atoms with Crippen LogP contribution in [0.1, 0.15) is 56.8 Å². The van der Waals surface area contributed by atoms with Crippen molar-refractivity contribution in [2.24, 2.45) is 0 Å². The van der Waals surface area contributed by atoms with E-state index < -0.39 is 12.2 Å². The third-order valence-corrected chi connectivity index (χ3v) is 3.80. The zero-order valence-corrected chi connectivity index (χ0v) is 12.8. The maximum atomic E-state index is 12.0. The summed E-state index contributed by atoms with van der Waals surface area (Å²) in [7, 11) is 0. The summed E-state index contributed by atoms with van der Waals surface area (Å²) in [6, 6.07) is 5.68. The molecule has 2 rings (SSSR count). The highest BCUT2D eigenvalue weighted by Crippen LogP contribution is 2.35. The molecule has 2 atom stereocenters. The van der Waals surface area contributed by atoms with E-state index in [1.165, 1.54) is 0 Å². The Labute approximate surface area is 126 Å². The first-order valence-electron chi connectivity index (χ1n) is 7.80. The number of benzene rings is 1. The standard InChI is InChI=1S/C17H24O4/c1-3-7-16(17(19)20-4-2)21-15-11-6-8-12-13(15)9-5-10-14(12)18/h6,8,11,14,16,18H,3-5,7,9-10H2,1-2H3. The molecule has 1 aromatic carbocycles. The molecule has 21 heavy (non-hydrogen) atoms. The number of aliphatic hydroxyl groups excluding tert-OH is 1. The van der Waals surface area contributed by atoms with Crippen molar-refractivity contribution >= 4 is 5.97 Å². The molecule has 0 aromatic heterocycles. The summed E-state index contributed by atoms with van der Waals surface area (Å²) < 4.78 is 11.0. The van der Waals surface area contributed by atoms with Gasteiger partial charge in [0.15, 0.2) is 6.10 Å². The number of esters is 1.